The molecule has 3 aliphatic heterocycles. The van der Waals surface area contributed by atoms with E-state index < -0.39 is 17.7 Å². The van der Waals surface area contributed by atoms with E-state index in [4.69, 9.17) is 14.2 Å². The van der Waals surface area contributed by atoms with Crippen LogP contribution in [-0.2, 0) is 4.79 Å². The van der Waals surface area contributed by atoms with Crippen molar-refractivity contribution in [3.63, 3.8) is 0 Å². The molecule has 2 saturated heterocycles. The lowest BCUT2D eigenvalue weighted by Gasteiger charge is -2.53. The lowest BCUT2D eigenvalue weighted by molar-refractivity contribution is -0.864. The van der Waals surface area contributed by atoms with Crippen molar-refractivity contribution in [1.82, 2.24) is 15.1 Å². The van der Waals surface area contributed by atoms with Crippen LogP contribution in [0.3, 0.4) is 0 Å². The summed E-state index contributed by atoms with van der Waals surface area (Å²) in [4.78, 5) is 42.9. The van der Waals surface area contributed by atoms with E-state index in [0.717, 1.165) is 12.0 Å². The minimum Gasteiger partial charge on any atom is -0.633 e. The van der Waals surface area contributed by atoms with Gasteiger partial charge in [0.05, 0.1) is 39.3 Å². The minimum absolute atomic E-state index is 0.136. The van der Waals surface area contributed by atoms with Crippen molar-refractivity contribution >= 4 is 17.8 Å². The number of carbonyl (C=O) groups excluding carboxylic acids is 3. The number of benzene rings is 2. The lowest BCUT2D eigenvalue weighted by Crippen LogP contribution is -2.73. The van der Waals surface area contributed by atoms with Gasteiger partial charge < -0.3 is 34.3 Å². The number of rotatable bonds is 9. The van der Waals surface area contributed by atoms with E-state index in [1.807, 2.05) is 39.0 Å². The smallest absolute Gasteiger partial charge is 0.327 e. The number of amides is 4. The molecule has 2 atom stereocenters. The normalized spacial score (nSPS) is 21.0. The molecule has 0 unspecified atom stereocenters. The Labute approximate surface area is 246 Å². The third kappa shape index (κ3) is 5.50. The monoisotopic (exact) mass is 580 g/mol. The van der Waals surface area contributed by atoms with Gasteiger partial charge in [0.25, 0.3) is 5.91 Å². The van der Waals surface area contributed by atoms with Crippen molar-refractivity contribution < 1.29 is 33.2 Å². The predicted octanol–water partition coefficient (Wildman–Crippen LogP) is 4.42. The molecular formula is C31H40N4O7. The summed E-state index contributed by atoms with van der Waals surface area (Å²) in [6, 6.07) is 11.5. The van der Waals surface area contributed by atoms with Crippen LogP contribution in [0.4, 0.5) is 4.79 Å². The zero-order valence-electron chi connectivity index (χ0n) is 24.8. The van der Waals surface area contributed by atoms with Crippen molar-refractivity contribution in [2.24, 2.45) is 5.41 Å². The zero-order valence-corrected chi connectivity index (χ0v) is 24.8. The third-order valence-electron chi connectivity index (χ3n) is 8.83. The number of nitrogens with zero attached hydrogens (tertiary/aromatic N) is 3. The summed E-state index contributed by atoms with van der Waals surface area (Å²) < 4.78 is 16.9. The van der Waals surface area contributed by atoms with Crippen LogP contribution in [0.2, 0.25) is 0 Å². The summed E-state index contributed by atoms with van der Waals surface area (Å²) in [6.45, 7) is 7.59. The Morgan fingerprint density at radius 2 is 1.74 bits per heavy atom. The van der Waals surface area contributed by atoms with Crippen molar-refractivity contribution in [2.45, 2.75) is 58.7 Å². The summed E-state index contributed by atoms with van der Waals surface area (Å²) in [5, 5.41) is 15.2. The predicted molar refractivity (Wildman–Crippen MR) is 155 cm³/mol. The Hall–Kier alpha value is -3.83. The van der Waals surface area contributed by atoms with Gasteiger partial charge in [-0.2, -0.15) is 0 Å². The van der Waals surface area contributed by atoms with Gasteiger partial charge in [0.2, 0.25) is 12.7 Å². The highest BCUT2D eigenvalue weighted by molar-refractivity contribution is 6.03. The van der Waals surface area contributed by atoms with Crippen LogP contribution in [0.1, 0.15) is 68.4 Å². The summed E-state index contributed by atoms with van der Waals surface area (Å²) >= 11 is 0. The Bertz CT molecular complexity index is 1320. The summed E-state index contributed by atoms with van der Waals surface area (Å²) in [7, 11) is 1.62. The van der Waals surface area contributed by atoms with Gasteiger partial charge in [-0.3, -0.25) is 9.59 Å². The van der Waals surface area contributed by atoms with Crippen LogP contribution in [0, 0.1) is 10.6 Å². The van der Waals surface area contributed by atoms with E-state index in [-0.39, 0.29) is 29.3 Å². The molecule has 2 fully saturated rings. The van der Waals surface area contributed by atoms with Gasteiger partial charge in [0.15, 0.2) is 17.7 Å². The zero-order chi connectivity index (χ0) is 30.1. The molecule has 11 nitrogen and oxygen atoms in total. The number of hydrogen-bond donors (Lipinski definition) is 1. The number of imide groups is 1. The number of fused-ring (bicyclic) bond motifs is 1. The molecule has 1 N–H and O–H groups in total. The molecule has 0 spiro atoms. The van der Waals surface area contributed by atoms with E-state index in [1.54, 1.807) is 36.2 Å². The Morgan fingerprint density at radius 3 is 2.38 bits per heavy atom. The van der Waals surface area contributed by atoms with Crippen LogP contribution >= 0.6 is 0 Å². The number of nitrogens with one attached hydrogen (secondary N) is 1. The number of β-lactam (4-membered cyclic amide) rings is 1. The highest BCUT2D eigenvalue weighted by Crippen LogP contribution is 2.46. The molecule has 4 amide bonds. The van der Waals surface area contributed by atoms with Crippen LogP contribution in [0.25, 0.3) is 0 Å². The number of carbonyl (C=O) groups is 3. The van der Waals surface area contributed by atoms with Gasteiger partial charge in [-0.1, -0.05) is 33.3 Å². The SMILES string of the molecule is CCC[C@@H](NC(=O)N1C(=O)C(CC)(CC)[C@@H]1Oc1ccc(C(=O)N2CC[N+](C)([O-])CC2)cc1)c1ccc2c(c1)OCO2. The van der Waals surface area contributed by atoms with Gasteiger partial charge >= 0.3 is 6.03 Å². The maximum absolute atomic E-state index is 13.6. The Balaban J connectivity index is 1.30. The molecule has 0 bridgehead atoms. The van der Waals surface area contributed by atoms with Crippen molar-refractivity contribution in [3.05, 3.63) is 58.8 Å². The van der Waals surface area contributed by atoms with Crippen LogP contribution in [-0.4, -0.2) is 78.5 Å². The first-order valence-electron chi connectivity index (χ1n) is 14.8. The average molecular weight is 581 g/mol. The topological polar surface area (TPSA) is 120 Å². The van der Waals surface area contributed by atoms with E-state index in [0.29, 0.717) is 68.3 Å². The number of quaternary nitrogens is 1. The molecular weight excluding hydrogens is 540 g/mol. The molecule has 3 heterocycles. The number of hydrogen-bond acceptors (Lipinski definition) is 7. The van der Waals surface area contributed by atoms with E-state index >= 15 is 0 Å². The average Bonchev–Trinajstić information content (AvgIpc) is 3.46. The number of urea groups is 1. The van der Waals surface area contributed by atoms with Crippen LogP contribution in [0.15, 0.2) is 42.5 Å². The first-order chi connectivity index (χ1) is 20.1. The summed E-state index contributed by atoms with van der Waals surface area (Å²) in [5.41, 5.74) is 0.527. The van der Waals surface area contributed by atoms with Crippen LogP contribution < -0.4 is 19.5 Å². The van der Waals surface area contributed by atoms with Crippen molar-refractivity contribution in [2.75, 3.05) is 40.0 Å². The number of piperazine rings is 1. The van der Waals surface area contributed by atoms with E-state index in [1.165, 1.54) is 4.90 Å². The Morgan fingerprint density at radius 1 is 1.07 bits per heavy atom. The fourth-order valence-corrected chi connectivity index (χ4v) is 5.94. The number of ether oxygens (including phenoxy) is 3. The quantitative estimate of drug-likeness (QED) is 0.265. The standard InChI is InChI=1S/C31H40N4O7/c1-5-8-24(22-11-14-25-26(19-22)41-20-40-25)32-30(38)34-28(37)31(6-2,7-3)29(34)42-23-12-9-21(10-13-23)27(36)33-15-17-35(4,39)18-16-33/h9-14,19,24,29H,5-8,15-18,20H2,1-4H3,(H,32,38)/t24-,29+/m1/s1. The molecule has 5 rings (SSSR count). The maximum atomic E-state index is 13.6. The number of hydroxylamine groups is 3. The van der Waals surface area contributed by atoms with Crippen molar-refractivity contribution in [3.8, 4) is 17.2 Å². The lowest BCUT2D eigenvalue weighted by atomic mass is 9.72. The third-order valence-corrected chi connectivity index (χ3v) is 8.83. The molecule has 226 valence electrons. The van der Waals surface area contributed by atoms with Gasteiger partial charge in [-0.15, -0.1) is 0 Å². The van der Waals surface area contributed by atoms with E-state index in [9.17, 15) is 19.6 Å². The van der Waals surface area contributed by atoms with Gasteiger partial charge in [0.1, 0.15) is 11.2 Å². The minimum atomic E-state index is -0.831. The molecule has 3 aliphatic rings. The summed E-state index contributed by atoms with van der Waals surface area (Å²) in [6.07, 6.45) is 1.72. The molecule has 0 aliphatic carbocycles. The molecule has 11 heteroatoms. The second-order valence-corrected chi connectivity index (χ2v) is 11.5. The largest absolute Gasteiger partial charge is 0.633 e. The molecule has 2 aromatic carbocycles. The maximum Gasteiger partial charge on any atom is 0.327 e. The second-order valence-electron chi connectivity index (χ2n) is 11.5. The summed E-state index contributed by atoms with van der Waals surface area (Å²) in [5.74, 6) is 1.34. The first kappa shape index (κ1) is 29.7. The highest BCUT2D eigenvalue weighted by Gasteiger charge is 2.63. The molecule has 0 radical (unpaired) electrons. The van der Waals surface area contributed by atoms with Crippen LogP contribution in [0.5, 0.6) is 17.2 Å². The Kier molecular flexibility index (Phi) is 8.34. The van der Waals surface area contributed by atoms with Gasteiger partial charge in [0, 0.05) is 5.56 Å². The highest BCUT2D eigenvalue weighted by atomic mass is 16.7. The molecule has 42 heavy (non-hydrogen) atoms. The van der Waals surface area contributed by atoms with Gasteiger partial charge in [-0.05, 0) is 61.2 Å². The molecule has 2 aromatic rings. The molecule has 0 aromatic heterocycles. The van der Waals surface area contributed by atoms with Crippen molar-refractivity contribution in [1.29, 1.82) is 0 Å². The first-order valence-corrected chi connectivity index (χ1v) is 14.8. The van der Waals surface area contributed by atoms with E-state index in [2.05, 4.69) is 5.32 Å². The fourth-order valence-electron chi connectivity index (χ4n) is 5.94. The van der Waals surface area contributed by atoms with Gasteiger partial charge in [-0.25, -0.2) is 9.69 Å². The number of likely N-dealkylation sites (tertiary alicyclic amines) is 1. The fraction of sp³-hybridized carbons (Fsp3) is 0.516. The second kappa shape index (κ2) is 11.8. The molecule has 0 saturated carbocycles. The number of likely N-dealkylation sites (N-methyl/N-ethyl adjacent to an activating group) is 1.